The summed E-state index contributed by atoms with van der Waals surface area (Å²) >= 11 is 0. The summed E-state index contributed by atoms with van der Waals surface area (Å²) in [6.07, 6.45) is 0. The number of nitrogens with zero attached hydrogens (tertiary/aromatic N) is 1. The minimum atomic E-state index is -3.61. The Labute approximate surface area is 165 Å². The number of rotatable bonds is 6. The van der Waals surface area contributed by atoms with Crippen molar-refractivity contribution in [2.45, 2.75) is 38.6 Å². The van der Waals surface area contributed by atoms with E-state index in [2.05, 4.69) is 10.6 Å². The molecule has 0 spiro atoms. The first-order valence-electron chi connectivity index (χ1n) is 8.80. The monoisotopic (exact) mass is 403 g/mol. The molecule has 0 fully saturated rings. The molecule has 7 nitrogen and oxygen atoms in total. The van der Waals surface area contributed by atoms with Gasteiger partial charge in [0.1, 0.15) is 0 Å². The van der Waals surface area contributed by atoms with E-state index in [-0.39, 0.29) is 16.8 Å². The van der Waals surface area contributed by atoms with E-state index in [1.165, 1.54) is 42.5 Å². The molecular formula is C20H25N3O4S. The largest absolute Gasteiger partial charge is 0.325 e. The van der Waals surface area contributed by atoms with Crippen LogP contribution in [0.2, 0.25) is 0 Å². The highest BCUT2D eigenvalue weighted by Crippen LogP contribution is 2.24. The van der Waals surface area contributed by atoms with Gasteiger partial charge >= 0.3 is 0 Å². The lowest BCUT2D eigenvalue weighted by atomic mass is 10.1. The SMILES string of the molecule is CC(=O)Nc1ccc(C)cc1NC(=O)c1ccc(S(=O)(=O)N(C)C(C)C)cc1. The number of nitrogens with one attached hydrogen (secondary N) is 2. The van der Waals surface area contributed by atoms with Crippen LogP contribution in [0.1, 0.15) is 36.7 Å². The summed E-state index contributed by atoms with van der Waals surface area (Å²) in [6.45, 7) is 6.83. The quantitative estimate of drug-likeness (QED) is 0.774. The van der Waals surface area contributed by atoms with E-state index in [1.54, 1.807) is 26.0 Å². The summed E-state index contributed by atoms with van der Waals surface area (Å²) < 4.78 is 26.3. The maximum Gasteiger partial charge on any atom is 0.255 e. The molecule has 2 N–H and O–H groups in total. The van der Waals surface area contributed by atoms with Crippen LogP contribution in [0.25, 0.3) is 0 Å². The fourth-order valence-corrected chi connectivity index (χ4v) is 3.84. The van der Waals surface area contributed by atoms with Crippen molar-refractivity contribution >= 4 is 33.2 Å². The highest BCUT2D eigenvalue weighted by Gasteiger charge is 2.23. The Morgan fingerprint density at radius 3 is 2.11 bits per heavy atom. The second-order valence-corrected chi connectivity index (χ2v) is 8.82. The van der Waals surface area contributed by atoms with Crippen LogP contribution >= 0.6 is 0 Å². The minimum absolute atomic E-state index is 0.120. The second-order valence-electron chi connectivity index (χ2n) is 6.82. The molecule has 0 saturated heterocycles. The van der Waals surface area contributed by atoms with Gasteiger partial charge in [0.15, 0.2) is 0 Å². The van der Waals surface area contributed by atoms with Gasteiger partial charge in [-0.25, -0.2) is 8.42 Å². The number of aryl methyl sites for hydroxylation is 1. The number of anilines is 2. The van der Waals surface area contributed by atoms with Crippen molar-refractivity contribution in [2.24, 2.45) is 0 Å². The number of sulfonamides is 1. The van der Waals surface area contributed by atoms with Crippen molar-refractivity contribution in [1.82, 2.24) is 4.31 Å². The molecule has 8 heteroatoms. The van der Waals surface area contributed by atoms with E-state index in [9.17, 15) is 18.0 Å². The van der Waals surface area contributed by atoms with Crippen molar-refractivity contribution in [3.8, 4) is 0 Å². The Balaban J connectivity index is 2.25. The molecule has 0 radical (unpaired) electrons. The number of carbonyl (C=O) groups is 2. The molecule has 0 aliphatic carbocycles. The molecular weight excluding hydrogens is 378 g/mol. The average Bonchev–Trinajstić information content (AvgIpc) is 2.63. The maximum absolute atomic E-state index is 12.6. The van der Waals surface area contributed by atoms with Gasteiger partial charge in [0.05, 0.1) is 16.3 Å². The summed E-state index contributed by atoms with van der Waals surface area (Å²) in [6, 6.07) is 10.9. The van der Waals surface area contributed by atoms with Gasteiger partial charge < -0.3 is 10.6 Å². The molecule has 2 aromatic rings. The Hall–Kier alpha value is -2.71. The van der Waals surface area contributed by atoms with Gasteiger partial charge in [-0.1, -0.05) is 6.07 Å². The zero-order valence-corrected chi connectivity index (χ0v) is 17.4. The van der Waals surface area contributed by atoms with Crippen LogP contribution in [0.15, 0.2) is 47.4 Å². The third-order valence-electron chi connectivity index (χ3n) is 4.25. The fraction of sp³-hybridized carbons (Fsp3) is 0.300. The molecule has 0 aliphatic heterocycles. The van der Waals surface area contributed by atoms with Crippen LogP contribution in [0.4, 0.5) is 11.4 Å². The summed E-state index contributed by atoms with van der Waals surface area (Å²) in [4.78, 5) is 24.1. The molecule has 2 rings (SSSR count). The highest BCUT2D eigenvalue weighted by atomic mass is 32.2. The first-order chi connectivity index (χ1) is 13.0. The zero-order chi connectivity index (χ0) is 21.1. The number of hydrogen-bond acceptors (Lipinski definition) is 4. The number of amides is 2. The zero-order valence-electron chi connectivity index (χ0n) is 16.6. The molecule has 0 saturated carbocycles. The van der Waals surface area contributed by atoms with Crippen molar-refractivity contribution < 1.29 is 18.0 Å². The highest BCUT2D eigenvalue weighted by molar-refractivity contribution is 7.89. The molecule has 28 heavy (non-hydrogen) atoms. The van der Waals surface area contributed by atoms with E-state index in [1.807, 2.05) is 13.0 Å². The third kappa shape index (κ3) is 4.96. The van der Waals surface area contributed by atoms with Gasteiger partial charge in [-0.05, 0) is 62.7 Å². The van der Waals surface area contributed by atoms with E-state index >= 15 is 0 Å². The summed E-state index contributed by atoms with van der Waals surface area (Å²) in [7, 11) is -2.10. The summed E-state index contributed by atoms with van der Waals surface area (Å²) in [5.74, 6) is -0.651. The third-order valence-corrected chi connectivity index (χ3v) is 6.30. The Bertz CT molecular complexity index is 983. The van der Waals surface area contributed by atoms with Crippen LogP contribution in [0.5, 0.6) is 0 Å². The van der Waals surface area contributed by atoms with Gasteiger partial charge in [-0.15, -0.1) is 0 Å². The molecule has 0 unspecified atom stereocenters. The predicted molar refractivity (Wildman–Crippen MR) is 110 cm³/mol. The van der Waals surface area contributed by atoms with Crippen LogP contribution in [-0.2, 0) is 14.8 Å². The van der Waals surface area contributed by atoms with Gasteiger partial charge in [0, 0.05) is 25.6 Å². The molecule has 0 bridgehead atoms. The lowest BCUT2D eigenvalue weighted by molar-refractivity contribution is -0.114. The molecule has 0 aromatic heterocycles. The van der Waals surface area contributed by atoms with Crippen molar-refractivity contribution in [2.75, 3.05) is 17.7 Å². The summed E-state index contributed by atoms with van der Waals surface area (Å²) in [5, 5.41) is 5.43. The average molecular weight is 404 g/mol. The maximum atomic E-state index is 12.6. The van der Waals surface area contributed by atoms with Gasteiger partial charge in [0.2, 0.25) is 15.9 Å². The van der Waals surface area contributed by atoms with Crippen LogP contribution in [0.3, 0.4) is 0 Å². The van der Waals surface area contributed by atoms with Crippen molar-refractivity contribution in [3.05, 3.63) is 53.6 Å². The standard InChI is InChI=1S/C20H25N3O4S/c1-13(2)23(5)28(26,27)17-9-7-16(8-10-17)20(25)22-19-12-14(3)6-11-18(19)21-15(4)24/h6-13H,1-5H3,(H,21,24)(H,22,25). The first kappa shape index (κ1) is 21.6. The van der Waals surface area contributed by atoms with Crippen LogP contribution in [0, 0.1) is 6.92 Å². The Kier molecular flexibility index (Phi) is 6.58. The molecule has 0 atom stereocenters. The minimum Gasteiger partial charge on any atom is -0.325 e. The number of hydrogen-bond donors (Lipinski definition) is 2. The van der Waals surface area contributed by atoms with Gasteiger partial charge in [-0.3, -0.25) is 9.59 Å². The van der Waals surface area contributed by atoms with Crippen molar-refractivity contribution in [3.63, 3.8) is 0 Å². The number of benzene rings is 2. The van der Waals surface area contributed by atoms with E-state index in [4.69, 9.17) is 0 Å². The molecule has 2 amide bonds. The topological polar surface area (TPSA) is 95.6 Å². The first-order valence-corrected chi connectivity index (χ1v) is 10.2. The van der Waals surface area contributed by atoms with Crippen molar-refractivity contribution in [1.29, 1.82) is 0 Å². The number of carbonyl (C=O) groups excluding carboxylic acids is 2. The molecule has 0 heterocycles. The normalized spacial score (nSPS) is 11.5. The van der Waals surface area contributed by atoms with Gasteiger partial charge in [0.25, 0.3) is 5.91 Å². The molecule has 2 aromatic carbocycles. The van der Waals surface area contributed by atoms with E-state index in [0.29, 0.717) is 16.9 Å². The smallest absolute Gasteiger partial charge is 0.255 e. The lowest BCUT2D eigenvalue weighted by Crippen LogP contribution is -2.33. The Morgan fingerprint density at radius 2 is 1.57 bits per heavy atom. The second kappa shape index (κ2) is 8.53. The van der Waals surface area contributed by atoms with E-state index in [0.717, 1.165) is 5.56 Å². The van der Waals surface area contributed by atoms with Crippen LogP contribution < -0.4 is 10.6 Å². The van der Waals surface area contributed by atoms with Crippen LogP contribution in [-0.4, -0.2) is 37.6 Å². The lowest BCUT2D eigenvalue weighted by Gasteiger charge is -2.21. The molecule has 0 aliphatic rings. The predicted octanol–water partition coefficient (Wildman–Crippen LogP) is 3.23. The van der Waals surface area contributed by atoms with Gasteiger partial charge in [-0.2, -0.15) is 4.31 Å². The fourth-order valence-electron chi connectivity index (χ4n) is 2.48. The van der Waals surface area contributed by atoms with E-state index < -0.39 is 15.9 Å². The summed E-state index contributed by atoms with van der Waals surface area (Å²) in [5.41, 5.74) is 2.18. The Morgan fingerprint density at radius 1 is 0.964 bits per heavy atom. The molecule has 150 valence electrons.